The van der Waals surface area contributed by atoms with Crippen LogP contribution >= 0.6 is 15.9 Å². The van der Waals surface area contributed by atoms with Crippen LogP contribution in [0.2, 0.25) is 0 Å². The zero-order chi connectivity index (χ0) is 33.1. The molecule has 0 saturated carbocycles. The third-order valence-electron chi connectivity index (χ3n) is 7.82. The van der Waals surface area contributed by atoms with E-state index in [0.717, 1.165) is 38.3 Å². The Bertz CT molecular complexity index is 1660. The minimum absolute atomic E-state index is 0.0772. The molecule has 0 heterocycles. The maximum atomic E-state index is 14.5. The Labute approximate surface area is 281 Å². The number of unbranched alkanes of at least 4 members (excludes halogenated alkanes) is 1. The van der Waals surface area contributed by atoms with Gasteiger partial charge in [0, 0.05) is 24.0 Å². The highest BCUT2D eigenvalue weighted by Crippen LogP contribution is 2.27. The van der Waals surface area contributed by atoms with Gasteiger partial charge < -0.3 is 10.2 Å². The molecule has 2 amide bonds. The lowest BCUT2D eigenvalue weighted by atomic mass is 10.0. The summed E-state index contributed by atoms with van der Waals surface area (Å²) in [5.41, 5.74) is 3.13. The summed E-state index contributed by atoms with van der Waals surface area (Å²) in [6.07, 6.45) is 1.99. The molecular formula is C37H42BrN3O4S. The van der Waals surface area contributed by atoms with Crippen LogP contribution < -0.4 is 9.62 Å². The van der Waals surface area contributed by atoms with E-state index in [1.165, 1.54) is 17.0 Å². The highest BCUT2D eigenvalue weighted by atomic mass is 79.9. The average Bonchev–Trinajstić information content (AvgIpc) is 3.07. The lowest BCUT2D eigenvalue weighted by Crippen LogP contribution is -2.53. The number of nitrogens with one attached hydrogen (secondary N) is 1. The molecule has 1 atom stereocenters. The summed E-state index contributed by atoms with van der Waals surface area (Å²) < 4.78 is 30.3. The van der Waals surface area contributed by atoms with Crippen molar-refractivity contribution < 1.29 is 18.0 Å². The fourth-order valence-corrected chi connectivity index (χ4v) is 6.82. The molecule has 0 aliphatic carbocycles. The third-order valence-corrected chi connectivity index (χ3v) is 10.1. The summed E-state index contributed by atoms with van der Waals surface area (Å²) >= 11 is 3.47. The Morgan fingerprint density at radius 3 is 2.00 bits per heavy atom. The number of halogens is 1. The molecule has 0 saturated heterocycles. The SMILES string of the molecule is CCCCNC(=O)[C@H](Cc1ccccc1)N(Cc1ccc(Br)cc1)C(=O)CN(c1ccc(C(C)C)cc1)S(=O)(=O)c1ccccc1. The summed E-state index contributed by atoms with van der Waals surface area (Å²) in [5, 5.41) is 3.02. The maximum absolute atomic E-state index is 14.5. The molecule has 9 heteroatoms. The van der Waals surface area contributed by atoms with Crippen LogP contribution in [0.4, 0.5) is 5.69 Å². The molecule has 46 heavy (non-hydrogen) atoms. The minimum Gasteiger partial charge on any atom is -0.354 e. The Morgan fingerprint density at radius 2 is 1.41 bits per heavy atom. The molecule has 7 nitrogen and oxygen atoms in total. The standard InChI is InChI=1S/C37H42BrN3O4S/c1-4-5-24-39-37(43)35(25-29-12-8-6-9-13-29)40(26-30-16-20-32(38)21-17-30)36(42)27-41(33-22-18-31(19-23-33)28(2)3)46(44,45)34-14-10-7-11-15-34/h6-23,28,35H,4-5,24-27H2,1-3H3,(H,39,43)/t35-/m0/s1. The van der Waals surface area contributed by atoms with Gasteiger partial charge in [0.15, 0.2) is 0 Å². The van der Waals surface area contributed by atoms with Gasteiger partial charge in [0.2, 0.25) is 11.8 Å². The van der Waals surface area contributed by atoms with Gasteiger partial charge in [-0.3, -0.25) is 13.9 Å². The molecule has 4 rings (SSSR count). The predicted octanol–water partition coefficient (Wildman–Crippen LogP) is 7.32. The first kappa shape index (κ1) is 34.9. The molecule has 0 aliphatic heterocycles. The van der Waals surface area contributed by atoms with E-state index in [0.29, 0.717) is 12.2 Å². The number of carbonyl (C=O) groups is 2. The second-order valence-corrected chi connectivity index (χ2v) is 14.3. The summed E-state index contributed by atoms with van der Waals surface area (Å²) in [7, 11) is -4.14. The number of hydrogen-bond donors (Lipinski definition) is 1. The van der Waals surface area contributed by atoms with Crippen LogP contribution in [0.1, 0.15) is 56.2 Å². The summed E-state index contributed by atoms with van der Waals surface area (Å²) in [6.45, 7) is 6.30. The number of benzene rings is 4. The van der Waals surface area contributed by atoms with Crippen molar-refractivity contribution in [3.8, 4) is 0 Å². The minimum atomic E-state index is -4.14. The van der Waals surface area contributed by atoms with E-state index in [4.69, 9.17) is 0 Å². The molecule has 242 valence electrons. The number of carbonyl (C=O) groups excluding carboxylic acids is 2. The average molecular weight is 705 g/mol. The molecule has 0 fully saturated rings. The van der Waals surface area contributed by atoms with Gasteiger partial charge in [0.25, 0.3) is 10.0 Å². The fourth-order valence-electron chi connectivity index (χ4n) is 5.12. The first-order valence-corrected chi connectivity index (χ1v) is 17.9. The Kier molecular flexibility index (Phi) is 12.6. The second kappa shape index (κ2) is 16.6. The molecule has 0 radical (unpaired) electrons. The monoisotopic (exact) mass is 703 g/mol. The normalized spacial score (nSPS) is 12.0. The smallest absolute Gasteiger partial charge is 0.264 e. The van der Waals surface area contributed by atoms with Gasteiger partial charge in [-0.25, -0.2) is 8.42 Å². The van der Waals surface area contributed by atoms with E-state index in [2.05, 4.69) is 35.1 Å². The van der Waals surface area contributed by atoms with Crippen molar-refractivity contribution in [3.63, 3.8) is 0 Å². The van der Waals surface area contributed by atoms with Crippen LogP contribution in [0.15, 0.2) is 119 Å². The van der Waals surface area contributed by atoms with E-state index >= 15 is 0 Å². The molecule has 4 aromatic rings. The van der Waals surface area contributed by atoms with Crippen molar-refractivity contribution in [3.05, 3.63) is 130 Å². The van der Waals surface area contributed by atoms with Gasteiger partial charge in [0.1, 0.15) is 12.6 Å². The van der Waals surface area contributed by atoms with E-state index in [9.17, 15) is 18.0 Å². The quantitative estimate of drug-likeness (QED) is 0.132. The number of hydrogen-bond acceptors (Lipinski definition) is 4. The molecule has 1 N–H and O–H groups in total. The summed E-state index contributed by atoms with van der Waals surface area (Å²) in [4.78, 5) is 30.0. The second-order valence-electron chi connectivity index (χ2n) is 11.6. The molecule has 0 bridgehead atoms. The van der Waals surface area contributed by atoms with Crippen molar-refractivity contribution in [2.75, 3.05) is 17.4 Å². The number of sulfonamides is 1. The van der Waals surface area contributed by atoms with Crippen LogP contribution in [0.25, 0.3) is 0 Å². The molecule has 0 spiro atoms. The molecule has 0 aromatic heterocycles. The van der Waals surface area contributed by atoms with Crippen molar-refractivity contribution in [1.29, 1.82) is 0 Å². The van der Waals surface area contributed by atoms with Gasteiger partial charge >= 0.3 is 0 Å². The number of nitrogens with zero attached hydrogens (tertiary/aromatic N) is 2. The predicted molar refractivity (Wildman–Crippen MR) is 188 cm³/mol. The highest BCUT2D eigenvalue weighted by molar-refractivity contribution is 9.10. The van der Waals surface area contributed by atoms with Crippen molar-refractivity contribution in [2.24, 2.45) is 0 Å². The molecule has 0 aliphatic rings. The van der Waals surface area contributed by atoms with Crippen molar-refractivity contribution in [1.82, 2.24) is 10.2 Å². The zero-order valence-corrected chi connectivity index (χ0v) is 29.0. The highest BCUT2D eigenvalue weighted by Gasteiger charge is 2.34. The molecule has 0 unspecified atom stereocenters. The van der Waals surface area contributed by atoms with Crippen LogP contribution in [0.3, 0.4) is 0 Å². The number of rotatable bonds is 15. The summed E-state index contributed by atoms with van der Waals surface area (Å²) in [5.74, 6) is -0.510. The first-order valence-electron chi connectivity index (χ1n) is 15.6. The van der Waals surface area contributed by atoms with E-state index in [-0.39, 0.29) is 29.7 Å². The fraction of sp³-hybridized carbons (Fsp3) is 0.297. The van der Waals surface area contributed by atoms with E-state index in [1.807, 2.05) is 73.7 Å². The van der Waals surface area contributed by atoms with Gasteiger partial charge in [-0.05, 0) is 65.4 Å². The first-order chi connectivity index (χ1) is 22.1. The number of anilines is 1. The van der Waals surface area contributed by atoms with Gasteiger partial charge in [-0.15, -0.1) is 0 Å². The Balaban J connectivity index is 1.78. The topological polar surface area (TPSA) is 86.8 Å². The Hall–Kier alpha value is -3.95. The van der Waals surface area contributed by atoms with Gasteiger partial charge in [0.05, 0.1) is 10.6 Å². The maximum Gasteiger partial charge on any atom is 0.264 e. The summed E-state index contributed by atoms with van der Waals surface area (Å²) in [6, 6.07) is 31.6. The van der Waals surface area contributed by atoms with Crippen molar-refractivity contribution in [2.45, 2.75) is 63.4 Å². The molecular weight excluding hydrogens is 662 g/mol. The van der Waals surface area contributed by atoms with Gasteiger partial charge in [-0.2, -0.15) is 0 Å². The molecule has 4 aromatic carbocycles. The zero-order valence-electron chi connectivity index (χ0n) is 26.6. The van der Waals surface area contributed by atoms with Crippen LogP contribution in [0.5, 0.6) is 0 Å². The van der Waals surface area contributed by atoms with Crippen LogP contribution in [-0.2, 0) is 32.6 Å². The lowest BCUT2D eigenvalue weighted by Gasteiger charge is -2.34. The largest absolute Gasteiger partial charge is 0.354 e. The van der Waals surface area contributed by atoms with E-state index < -0.39 is 28.5 Å². The van der Waals surface area contributed by atoms with Crippen LogP contribution in [0, 0.1) is 0 Å². The Morgan fingerprint density at radius 1 is 0.804 bits per heavy atom. The third kappa shape index (κ3) is 9.30. The number of amides is 2. The van der Waals surface area contributed by atoms with Crippen LogP contribution in [-0.4, -0.2) is 44.3 Å². The van der Waals surface area contributed by atoms with Crippen molar-refractivity contribution >= 4 is 43.5 Å². The lowest BCUT2D eigenvalue weighted by molar-refractivity contribution is -0.140. The van der Waals surface area contributed by atoms with Gasteiger partial charge in [-0.1, -0.05) is 116 Å². The van der Waals surface area contributed by atoms with E-state index in [1.54, 1.807) is 30.3 Å².